The van der Waals surface area contributed by atoms with E-state index in [1.165, 1.54) is 5.57 Å². The summed E-state index contributed by atoms with van der Waals surface area (Å²) in [4.78, 5) is 10.6. The highest BCUT2D eigenvalue weighted by Crippen LogP contribution is 2.12. The fourth-order valence-electron chi connectivity index (χ4n) is 1.16. The highest BCUT2D eigenvalue weighted by Gasteiger charge is 2.00. The Bertz CT molecular complexity index is 189. The van der Waals surface area contributed by atoms with E-state index in [1.807, 2.05) is 19.9 Å². The summed E-state index contributed by atoms with van der Waals surface area (Å²) in [5.74, 6) is 0.111. The van der Waals surface area contributed by atoms with Crippen LogP contribution in [0, 0.1) is 5.92 Å². The molecule has 1 nitrogen and oxygen atoms in total. The minimum absolute atomic E-state index is 0.111. The zero-order valence-electron chi connectivity index (χ0n) is 8.92. The molecule has 0 aliphatic heterocycles. The van der Waals surface area contributed by atoms with Gasteiger partial charge in [-0.1, -0.05) is 37.6 Å². The maximum absolute atomic E-state index is 10.6. The van der Waals surface area contributed by atoms with Crippen LogP contribution in [0.3, 0.4) is 0 Å². The Balaban J connectivity index is 4.25. The van der Waals surface area contributed by atoms with Crippen LogP contribution in [0.15, 0.2) is 23.8 Å². The fourth-order valence-corrected chi connectivity index (χ4v) is 1.16. The van der Waals surface area contributed by atoms with E-state index in [2.05, 4.69) is 19.1 Å². The van der Waals surface area contributed by atoms with Crippen molar-refractivity contribution in [3.63, 3.8) is 0 Å². The second kappa shape index (κ2) is 7.78. The number of aldehydes is 1. The average molecular weight is 180 g/mol. The molecule has 0 fully saturated rings. The van der Waals surface area contributed by atoms with Crippen LogP contribution in [0.4, 0.5) is 0 Å². The standard InChI is InChI=1S/C12H20O/c1-4-7-8-11(5-2)9-12(6-3)10-13/h4,7,9-10,12H,5-6,8H2,1-3H3/b7-4+,11-9-. The first-order chi connectivity index (χ1) is 6.28. The van der Waals surface area contributed by atoms with Crippen LogP contribution < -0.4 is 0 Å². The summed E-state index contributed by atoms with van der Waals surface area (Å²) in [7, 11) is 0. The molecule has 0 aromatic carbocycles. The second-order valence-corrected chi connectivity index (χ2v) is 3.16. The molecule has 0 aliphatic rings. The third-order valence-corrected chi connectivity index (χ3v) is 2.17. The van der Waals surface area contributed by atoms with Gasteiger partial charge in [-0.15, -0.1) is 0 Å². The van der Waals surface area contributed by atoms with Crippen LogP contribution in [0.1, 0.15) is 40.0 Å². The van der Waals surface area contributed by atoms with Crippen LogP contribution >= 0.6 is 0 Å². The van der Waals surface area contributed by atoms with E-state index in [-0.39, 0.29) is 5.92 Å². The monoisotopic (exact) mass is 180 g/mol. The molecule has 0 heterocycles. The lowest BCUT2D eigenvalue weighted by Gasteiger charge is -2.04. The summed E-state index contributed by atoms with van der Waals surface area (Å²) in [6.07, 6.45) is 10.2. The molecule has 0 rings (SSSR count). The molecular formula is C12H20O. The fraction of sp³-hybridized carbons (Fsp3) is 0.583. The maximum Gasteiger partial charge on any atom is 0.126 e. The lowest BCUT2D eigenvalue weighted by Crippen LogP contribution is -1.97. The largest absolute Gasteiger partial charge is 0.303 e. The predicted octanol–water partition coefficient (Wildman–Crippen LogP) is 3.51. The lowest BCUT2D eigenvalue weighted by molar-refractivity contribution is -0.110. The third kappa shape index (κ3) is 5.40. The Morgan fingerprint density at radius 3 is 2.46 bits per heavy atom. The van der Waals surface area contributed by atoms with E-state index in [0.29, 0.717) is 0 Å². The van der Waals surface area contributed by atoms with E-state index in [9.17, 15) is 4.79 Å². The number of carbonyl (C=O) groups excluding carboxylic acids is 1. The summed E-state index contributed by atoms with van der Waals surface area (Å²) >= 11 is 0. The van der Waals surface area contributed by atoms with Gasteiger partial charge in [0.05, 0.1) is 0 Å². The minimum Gasteiger partial charge on any atom is -0.303 e. The zero-order valence-corrected chi connectivity index (χ0v) is 8.92. The van der Waals surface area contributed by atoms with E-state index in [0.717, 1.165) is 25.5 Å². The van der Waals surface area contributed by atoms with Gasteiger partial charge in [0.15, 0.2) is 0 Å². The Morgan fingerprint density at radius 2 is 2.08 bits per heavy atom. The van der Waals surface area contributed by atoms with Crippen molar-refractivity contribution in [2.45, 2.75) is 40.0 Å². The van der Waals surface area contributed by atoms with Crippen molar-refractivity contribution in [3.05, 3.63) is 23.8 Å². The van der Waals surface area contributed by atoms with Crippen molar-refractivity contribution >= 4 is 6.29 Å². The summed E-state index contributed by atoms with van der Waals surface area (Å²) in [6.45, 7) is 6.19. The Kier molecular flexibility index (Phi) is 7.27. The number of allylic oxidation sites excluding steroid dienone is 4. The number of carbonyl (C=O) groups is 1. The zero-order chi connectivity index (χ0) is 10.1. The van der Waals surface area contributed by atoms with Gasteiger partial charge in [0.2, 0.25) is 0 Å². The summed E-state index contributed by atoms with van der Waals surface area (Å²) in [5, 5.41) is 0. The summed E-state index contributed by atoms with van der Waals surface area (Å²) < 4.78 is 0. The number of rotatable bonds is 6. The van der Waals surface area contributed by atoms with Crippen LogP contribution in [0.5, 0.6) is 0 Å². The highest BCUT2D eigenvalue weighted by atomic mass is 16.1. The van der Waals surface area contributed by atoms with Crippen molar-refractivity contribution in [2.75, 3.05) is 0 Å². The van der Waals surface area contributed by atoms with Crippen LogP contribution in [-0.4, -0.2) is 6.29 Å². The van der Waals surface area contributed by atoms with Gasteiger partial charge in [0.25, 0.3) is 0 Å². The number of hydrogen-bond donors (Lipinski definition) is 0. The van der Waals surface area contributed by atoms with Crippen molar-refractivity contribution in [2.24, 2.45) is 5.92 Å². The van der Waals surface area contributed by atoms with Gasteiger partial charge in [0, 0.05) is 5.92 Å². The lowest BCUT2D eigenvalue weighted by atomic mass is 10.0. The minimum atomic E-state index is 0.111. The molecule has 0 bridgehead atoms. The number of hydrogen-bond acceptors (Lipinski definition) is 1. The summed E-state index contributed by atoms with van der Waals surface area (Å²) in [5.41, 5.74) is 1.36. The van der Waals surface area contributed by atoms with Crippen molar-refractivity contribution in [3.8, 4) is 0 Å². The van der Waals surface area contributed by atoms with Crippen molar-refractivity contribution in [1.29, 1.82) is 0 Å². The topological polar surface area (TPSA) is 17.1 Å². The van der Waals surface area contributed by atoms with Gasteiger partial charge >= 0.3 is 0 Å². The quantitative estimate of drug-likeness (QED) is 0.451. The molecule has 0 radical (unpaired) electrons. The molecule has 0 amide bonds. The van der Waals surface area contributed by atoms with E-state index >= 15 is 0 Å². The maximum atomic E-state index is 10.6. The van der Waals surface area contributed by atoms with Crippen LogP contribution in [-0.2, 0) is 4.79 Å². The molecule has 0 spiro atoms. The van der Waals surface area contributed by atoms with Gasteiger partial charge in [-0.2, -0.15) is 0 Å². The molecule has 0 aromatic heterocycles. The first-order valence-corrected chi connectivity index (χ1v) is 5.04. The molecule has 1 atom stereocenters. The third-order valence-electron chi connectivity index (χ3n) is 2.17. The van der Waals surface area contributed by atoms with Gasteiger partial charge < -0.3 is 4.79 Å². The molecule has 0 aliphatic carbocycles. The Hall–Kier alpha value is -0.850. The smallest absolute Gasteiger partial charge is 0.126 e. The summed E-state index contributed by atoms with van der Waals surface area (Å²) in [6, 6.07) is 0. The molecule has 74 valence electrons. The normalized spacial score (nSPS) is 14.8. The van der Waals surface area contributed by atoms with Gasteiger partial charge in [-0.05, 0) is 26.2 Å². The van der Waals surface area contributed by atoms with E-state index in [4.69, 9.17) is 0 Å². The average Bonchev–Trinajstić information content (AvgIpc) is 2.19. The molecule has 1 unspecified atom stereocenters. The molecule has 0 saturated heterocycles. The first kappa shape index (κ1) is 12.2. The van der Waals surface area contributed by atoms with E-state index in [1.54, 1.807) is 0 Å². The highest BCUT2D eigenvalue weighted by molar-refractivity contribution is 5.56. The molecule has 0 N–H and O–H groups in total. The SMILES string of the molecule is C/C=C/C/C(=C\C(C=O)CC)CC. The Labute approximate surface area is 81.5 Å². The second-order valence-electron chi connectivity index (χ2n) is 3.16. The van der Waals surface area contributed by atoms with Gasteiger partial charge in [-0.25, -0.2) is 0 Å². The molecule has 0 aromatic rings. The van der Waals surface area contributed by atoms with Crippen LogP contribution in [0.2, 0.25) is 0 Å². The molecule has 0 saturated carbocycles. The molecular weight excluding hydrogens is 160 g/mol. The predicted molar refractivity (Wildman–Crippen MR) is 57.7 cm³/mol. The molecule has 13 heavy (non-hydrogen) atoms. The first-order valence-electron chi connectivity index (χ1n) is 5.04. The Morgan fingerprint density at radius 1 is 1.38 bits per heavy atom. The van der Waals surface area contributed by atoms with E-state index < -0.39 is 0 Å². The van der Waals surface area contributed by atoms with Gasteiger partial charge in [0.1, 0.15) is 6.29 Å². The van der Waals surface area contributed by atoms with Crippen LogP contribution in [0.25, 0.3) is 0 Å². The van der Waals surface area contributed by atoms with Gasteiger partial charge in [-0.3, -0.25) is 0 Å². The van der Waals surface area contributed by atoms with Crippen molar-refractivity contribution < 1.29 is 4.79 Å². The molecule has 1 heteroatoms. The van der Waals surface area contributed by atoms with Crippen molar-refractivity contribution in [1.82, 2.24) is 0 Å².